The number of nitrogens with zero attached hydrogens (tertiary/aromatic N) is 4. The second-order valence-electron chi connectivity index (χ2n) is 4.72. The molecule has 0 spiro atoms. The van der Waals surface area contributed by atoms with Crippen LogP contribution in [0.15, 0.2) is 17.6 Å². The van der Waals surface area contributed by atoms with Gasteiger partial charge in [-0.1, -0.05) is 11.8 Å². The topological polar surface area (TPSA) is 72.7 Å². The lowest BCUT2D eigenvalue weighted by molar-refractivity contribution is -0.118. The van der Waals surface area contributed by atoms with Gasteiger partial charge in [0.05, 0.1) is 17.3 Å². The maximum Gasteiger partial charge on any atom is 0.230 e. The van der Waals surface area contributed by atoms with E-state index in [0.29, 0.717) is 11.7 Å². The van der Waals surface area contributed by atoms with Crippen molar-refractivity contribution >= 4 is 28.7 Å². The summed E-state index contributed by atoms with van der Waals surface area (Å²) in [6.45, 7) is 0.811. The zero-order chi connectivity index (χ0) is 13.2. The van der Waals surface area contributed by atoms with Crippen molar-refractivity contribution in [3.8, 4) is 0 Å². The predicted octanol–water partition coefficient (Wildman–Crippen LogP) is 0.982. The Morgan fingerprint density at radius 3 is 3.16 bits per heavy atom. The fraction of sp³-hybridized carbons (Fsp3) is 0.500. The van der Waals surface area contributed by atoms with Gasteiger partial charge in [-0.15, -0.1) is 0 Å². The molecule has 1 saturated carbocycles. The number of hydrogen-bond donors (Lipinski definition) is 1. The molecule has 100 valence electrons. The van der Waals surface area contributed by atoms with Crippen LogP contribution in [0.1, 0.15) is 12.8 Å². The van der Waals surface area contributed by atoms with Crippen molar-refractivity contribution in [3.05, 3.63) is 12.5 Å². The zero-order valence-corrected chi connectivity index (χ0v) is 11.5. The summed E-state index contributed by atoms with van der Waals surface area (Å²) in [5, 5.41) is 8.79. The van der Waals surface area contributed by atoms with Crippen molar-refractivity contribution in [2.45, 2.75) is 17.9 Å². The Morgan fingerprint density at radius 2 is 2.37 bits per heavy atom. The number of hydrogen-bond acceptors (Lipinski definition) is 5. The Bertz CT molecular complexity index is 607. The number of carbonyl (C=O) groups excluding carboxylic acids is 1. The number of thioether (sulfide) groups is 1. The molecule has 0 bridgehead atoms. The molecule has 7 heteroatoms. The van der Waals surface area contributed by atoms with Gasteiger partial charge in [-0.2, -0.15) is 5.10 Å². The summed E-state index contributed by atoms with van der Waals surface area (Å²) in [6, 6.07) is 0. The Balaban J connectivity index is 1.62. The average Bonchev–Trinajstić information content (AvgIpc) is 3.18. The molecular weight excluding hydrogens is 262 g/mol. The van der Waals surface area contributed by atoms with Crippen molar-refractivity contribution in [2.24, 2.45) is 13.0 Å². The molecule has 1 amide bonds. The third kappa shape index (κ3) is 2.86. The molecule has 2 aromatic rings. The monoisotopic (exact) mass is 277 g/mol. The molecule has 1 N–H and O–H groups in total. The summed E-state index contributed by atoms with van der Waals surface area (Å²) in [5.41, 5.74) is 0.788. The highest BCUT2D eigenvalue weighted by Crippen LogP contribution is 2.27. The summed E-state index contributed by atoms with van der Waals surface area (Å²) in [6.07, 6.45) is 5.74. The third-order valence-corrected chi connectivity index (χ3v) is 4.12. The smallest absolute Gasteiger partial charge is 0.230 e. The number of nitrogens with one attached hydrogen (secondary N) is 1. The van der Waals surface area contributed by atoms with Gasteiger partial charge in [0.15, 0.2) is 5.65 Å². The number of carbonyl (C=O) groups is 1. The normalized spacial score (nSPS) is 14.8. The molecule has 0 radical (unpaired) electrons. The maximum absolute atomic E-state index is 11.7. The van der Waals surface area contributed by atoms with E-state index in [1.165, 1.54) is 30.9 Å². The van der Waals surface area contributed by atoms with Gasteiger partial charge >= 0.3 is 0 Å². The van der Waals surface area contributed by atoms with Gasteiger partial charge in [0.1, 0.15) is 11.4 Å². The van der Waals surface area contributed by atoms with Crippen LogP contribution in [0.4, 0.5) is 0 Å². The summed E-state index contributed by atoms with van der Waals surface area (Å²) >= 11 is 1.43. The predicted molar refractivity (Wildman–Crippen MR) is 72.8 cm³/mol. The van der Waals surface area contributed by atoms with Crippen molar-refractivity contribution < 1.29 is 4.79 Å². The summed E-state index contributed by atoms with van der Waals surface area (Å²) in [7, 11) is 1.84. The van der Waals surface area contributed by atoms with E-state index in [1.807, 2.05) is 7.05 Å². The molecule has 2 heterocycles. The standard InChI is InChI=1S/C12H15N5OS/c1-17-11-9(5-16-17)12(15-7-14-11)19-6-10(18)13-4-8-2-3-8/h5,7-8H,2-4,6H2,1H3,(H,13,18). The molecule has 0 unspecified atom stereocenters. The first kappa shape index (κ1) is 12.4. The largest absolute Gasteiger partial charge is 0.355 e. The van der Waals surface area contributed by atoms with Crippen LogP contribution < -0.4 is 5.32 Å². The number of fused-ring (bicyclic) bond motifs is 1. The van der Waals surface area contributed by atoms with Crippen LogP contribution in [-0.4, -0.2) is 38.0 Å². The zero-order valence-electron chi connectivity index (χ0n) is 10.7. The lowest BCUT2D eigenvalue weighted by Gasteiger charge is -2.04. The molecule has 1 aliphatic carbocycles. The fourth-order valence-electron chi connectivity index (χ4n) is 1.82. The minimum Gasteiger partial charge on any atom is -0.355 e. The van der Waals surface area contributed by atoms with E-state index in [2.05, 4.69) is 20.4 Å². The molecule has 19 heavy (non-hydrogen) atoms. The number of amides is 1. The van der Waals surface area contributed by atoms with Crippen LogP contribution in [-0.2, 0) is 11.8 Å². The van der Waals surface area contributed by atoms with Crippen LogP contribution in [0, 0.1) is 5.92 Å². The molecule has 1 fully saturated rings. The second-order valence-corrected chi connectivity index (χ2v) is 5.68. The first-order valence-corrected chi connectivity index (χ1v) is 7.25. The quantitative estimate of drug-likeness (QED) is 0.651. The van der Waals surface area contributed by atoms with E-state index in [-0.39, 0.29) is 5.91 Å². The van der Waals surface area contributed by atoms with Crippen LogP contribution in [0.2, 0.25) is 0 Å². The van der Waals surface area contributed by atoms with Crippen molar-refractivity contribution in [1.82, 2.24) is 25.1 Å². The van der Waals surface area contributed by atoms with Crippen LogP contribution >= 0.6 is 11.8 Å². The molecule has 0 atom stereocenters. The Morgan fingerprint density at radius 1 is 1.53 bits per heavy atom. The highest BCUT2D eigenvalue weighted by molar-refractivity contribution is 8.00. The minimum absolute atomic E-state index is 0.0625. The summed E-state index contributed by atoms with van der Waals surface area (Å²) < 4.78 is 1.70. The molecule has 0 saturated heterocycles. The maximum atomic E-state index is 11.7. The molecule has 3 rings (SSSR count). The van der Waals surface area contributed by atoms with Crippen molar-refractivity contribution in [3.63, 3.8) is 0 Å². The molecule has 2 aromatic heterocycles. The lowest BCUT2D eigenvalue weighted by Crippen LogP contribution is -2.27. The highest BCUT2D eigenvalue weighted by atomic mass is 32.2. The Hall–Kier alpha value is -1.63. The lowest BCUT2D eigenvalue weighted by atomic mass is 10.4. The van der Waals surface area contributed by atoms with Crippen molar-refractivity contribution in [1.29, 1.82) is 0 Å². The van der Waals surface area contributed by atoms with Crippen molar-refractivity contribution in [2.75, 3.05) is 12.3 Å². The Labute approximate surface area is 115 Å². The molecule has 6 nitrogen and oxygen atoms in total. The van der Waals surface area contributed by atoms with E-state index >= 15 is 0 Å². The first-order chi connectivity index (χ1) is 9.24. The van der Waals surface area contributed by atoms with Crippen LogP contribution in [0.3, 0.4) is 0 Å². The van der Waals surface area contributed by atoms with E-state index in [9.17, 15) is 4.79 Å². The first-order valence-electron chi connectivity index (χ1n) is 6.26. The van der Waals surface area contributed by atoms with Gasteiger partial charge in [0, 0.05) is 13.6 Å². The number of aromatic nitrogens is 4. The van der Waals surface area contributed by atoms with Gasteiger partial charge in [0.2, 0.25) is 5.91 Å². The van der Waals surface area contributed by atoms with Gasteiger partial charge in [-0.25, -0.2) is 9.97 Å². The SMILES string of the molecule is Cn1ncc2c(SCC(=O)NCC3CC3)ncnc21. The minimum atomic E-state index is 0.0625. The van der Waals surface area contributed by atoms with Crippen LogP contribution in [0.5, 0.6) is 0 Å². The van der Waals surface area contributed by atoms with Gasteiger partial charge in [-0.05, 0) is 18.8 Å². The average molecular weight is 277 g/mol. The van der Waals surface area contributed by atoms with E-state index in [4.69, 9.17) is 0 Å². The number of rotatable bonds is 5. The molecule has 1 aliphatic rings. The molecular formula is C12H15N5OS. The van der Waals surface area contributed by atoms with E-state index in [0.717, 1.165) is 22.6 Å². The third-order valence-electron chi connectivity index (χ3n) is 3.12. The van der Waals surface area contributed by atoms with E-state index < -0.39 is 0 Å². The fourth-order valence-corrected chi connectivity index (χ4v) is 2.61. The second kappa shape index (κ2) is 5.16. The highest BCUT2D eigenvalue weighted by Gasteiger charge is 2.21. The van der Waals surface area contributed by atoms with Gasteiger partial charge in [0.25, 0.3) is 0 Å². The van der Waals surface area contributed by atoms with Crippen LogP contribution in [0.25, 0.3) is 11.0 Å². The summed E-state index contributed by atoms with van der Waals surface area (Å²) in [4.78, 5) is 20.1. The molecule has 0 aliphatic heterocycles. The van der Waals surface area contributed by atoms with Gasteiger partial charge in [-0.3, -0.25) is 9.48 Å². The molecule has 0 aromatic carbocycles. The Kier molecular flexibility index (Phi) is 3.37. The summed E-state index contributed by atoms with van der Waals surface area (Å²) in [5.74, 6) is 1.15. The van der Waals surface area contributed by atoms with Gasteiger partial charge < -0.3 is 5.32 Å². The van der Waals surface area contributed by atoms with E-state index in [1.54, 1.807) is 10.9 Å². The number of aryl methyl sites for hydroxylation is 1.